The molecular formula is C14H14N2O3. The second-order valence-corrected chi connectivity index (χ2v) is 3.95. The minimum atomic E-state index is -0.556. The number of aliphatic hydroxyl groups is 1. The third kappa shape index (κ3) is 2.70. The SMILES string of the molecule is CCOC(=O)C1=C(O)/C(=C\c2ccncc2)N=C1C. The van der Waals surface area contributed by atoms with E-state index in [9.17, 15) is 9.90 Å². The number of aromatic nitrogens is 1. The lowest BCUT2D eigenvalue weighted by Gasteiger charge is -2.02. The van der Waals surface area contributed by atoms with Crippen LogP contribution in [0.2, 0.25) is 0 Å². The molecule has 0 saturated carbocycles. The van der Waals surface area contributed by atoms with Gasteiger partial charge >= 0.3 is 5.97 Å². The maximum absolute atomic E-state index is 11.7. The Kier molecular flexibility index (Phi) is 3.75. The topological polar surface area (TPSA) is 71.8 Å². The van der Waals surface area contributed by atoms with Crippen molar-refractivity contribution in [2.24, 2.45) is 4.99 Å². The summed E-state index contributed by atoms with van der Waals surface area (Å²) in [5, 5.41) is 10.1. The van der Waals surface area contributed by atoms with Gasteiger partial charge in [-0.05, 0) is 37.6 Å². The molecule has 0 amide bonds. The number of aliphatic imine (C=N–C) groups is 1. The highest BCUT2D eigenvalue weighted by molar-refractivity contribution is 6.22. The van der Waals surface area contributed by atoms with Crippen molar-refractivity contribution in [1.82, 2.24) is 4.98 Å². The maximum atomic E-state index is 11.7. The number of rotatable bonds is 3. The molecule has 0 unspecified atom stereocenters. The summed E-state index contributed by atoms with van der Waals surface area (Å²) in [5.74, 6) is -0.702. The number of pyridine rings is 1. The molecule has 2 rings (SSSR count). The first kappa shape index (κ1) is 13.0. The molecule has 98 valence electrons. The number of carbonyl (C=O) groups excluding carboxylic acids is 1. The lowest BCUT2D eigenvalue weighted by molar-refractivity contribution is -0.138. The van der Waals surface area contributed by atoms with Crippen molar-refractivity contribution in [3.05, 3.63) is 47.1 Å². The van der Waals surface area contributed by atoms with Crippen molar-refractivity contribution in [3.8, 4) is 0 Å². The molecule has 0 spiro atoms. The summed E-state index contributed by atoms with van der Waals surface area (Å²) in [6, 6.07) is 3.57. The predicted molar refractivity (Wildman–Crippen MR) is 71.6 cm³/mol. The standard InChI is InChI=1S/C14H14N2O3/c1-3-19-14(18)12-9(2)16-11(13(12)17)8-10-4-6-15-7-5-10/h4-8,17H,3H2,1-2H3/b11-8+. The lowest BCUT2D eigenvalue weighted by Crippen LogP contribution is -2.13. The van der Waals surface area contributed by atoms with Gasteiger partial charge in [0.15, 0.2) is 5.76 Å². The summed E-state index contributed by atoms with van der Waals surface area (Å²) in [7, 11) is 0. The third-order valence-corrected chi connectivity index (χ3v) is 2.62. The molecule has 1 aromatic rings. The molecule has 1 aliphatic heterocycles. The van der Waals surface area contributed by atoms with Crippen LogP contribution in [-0.4, -0.2) is 28.4 Å². The second-order valence-electron chi connectivity index (χ2n) is 3.95. The number of hydrogen-bond acceptors (Lipinski definition) is 5. The summed E-state index contributed by atoms with van der Waals surface area (Å²) >= 11 is 0. The van der Waals surface area contributed by atoms with E-state index in [1.807, 2.05) is 0 Å². The number of esters is 1. The zero-order chi connectivity index (χ0) is 13.8. The fourth-order valence-corrected chi connectivity index (χ4v) is 1.75. The molecule has 0 aromatic carbocycles. The average molecular weight is 258 g/mol. The van der Waals surface area contributed by atoms with Crippen molar-refractivity contribution in [2.75, 3.05) is 6.61 Å². The molecule has 0 radical (unpaired) electrons. The van der Waals surface area contributed by atoms with Crippen molar-refractivity contribution >= 4 is 17.8 Å². The van der Waals surface area contributed by atoms with Crippen LogP contribution in [0, 0.1) is 0 Å². The molecule has 2 heterocycles. The first-order chi connectivity index (χ1) is 9.13. The monoisotopic (exact) mass is 258 g/mol. The van der Waals surface area contributed by atoms with Crippen molar-refractivity contribution in [1.29, 1.82) is 0 Å². The van der Waals surface area contributed by atoms with Gasteiger partial charge in [-0.15, -0.1) is 0 Å². The van der Waals surface area contributed by atoms with Crippen molar-refractivity contribution in [3.63, 3.8) is 0 Å². The molecule has 0 saturated heterocycles. The van der Waals surface area contributed by atoms with E-state index in [2.05, 4.69) is 9.98 Å². The number of aliphatic hydroxyl groups excluding tert-OH is 1. The van der Waals surface area contributed by atoms with Crippen LogP contribution in [0.25, 0.3) is 6.08 Å². The molecule has 0 atom stereocenters. The smallest absolute Gasteiger partial charge is 0.343 e. The summed E-state index contributed by atoms with van der Waals surface area (Å²) in [6.07, 6.45) is 4.97. The van der Waals surface area contributed by atoms with Crippen LogP contribution < -0.4 is 0 Å². The summed E-state index contributed by atoms with van der Waals surface area (Å²) in [6.45, 7) is 3.63. The van der Waals surface area contributed by atoms with Crippen LogP contribution in [0.3, 0.4) is 0 Å². The van der Waals surface area contributed by atoms with Gasteiger partial charge < -0.3 is 9.84 Å². The third-order valence-electron chi connectivity index (χ3n) is 2.62. The van der Waals surface area contributed by atoms with Gasteiger partial charge in [0.25, 0.3) is 0 Å². The Hall–Kier alpha value is -2.43. The van der Waals surface area contributed by atoms with E-state index in [4.69, 9.17) is 4.74 Å². The summed E-state index contributed by atoms with van der Waals surface area (Å²) in [5.41, 5.74) is 1.78. The summed E-state index contributed by atoms with van der Waals surface area (Å²) < 4.78 is 4.89. The van der Waals surface area contributed by atoms with Crippen LogP contribution in [0.5, 0.6) is 0 Å². The average Bonchev–Trinajstić information content (AvgIpc) is 2.66. The molecule has 1 N–H and O–H groups in total. The fourth-order valence-electron chi connectivity index (χ4n) is 1.75. The highest BCUT2D eigenvalue weighted by atomic mass is 16.5. The van der Waals surface area contributed by atoms with Gasteiger partial charge in [-0.1, -0.05) is 0 Å². The molecular weight excluding hydrogens is 244 g/mol. The zero-order valence-corrected chi connectivity index (χ0v) is 10.8. The van der Waals surface area contributed by atoms with Crippen LogP contribution in [0.15, 0.2) is 46.5 Å². The molecule has 0 aliphatic carbocycles. The van der Waals surface area contributed by atoms with E-state index in [0.717, 1.165) is 5.56 Å². The molecule has 1 aromatic heterocycles. The molecule has 5 heteroatoms. The highest BCUT2D eigenvalue weighted by Gasteiger charge is 2.27. The number of hydrogen-bond donors (Lipinski definition) is 1. The molecule has 1 aliphatic rings. The van der Waals surface area contributed by atoms with E-state index in [1.54, 1.807) is 44.4 Å². The van der Waals surface area contributed by atoms with Gasteiger partial charge in [0.1, 0.15) is 11.3 Å². The van der Waals surface area contributed by atoms with Crippen molar-refractivity contribution < 1.29 is 14.6 Å². The quantitative estimate of drug-likeness (QED) is 0.844. The van der Waals surface area contributed by atoms with E-state index >= 15 is 0 Å². The van der Waals surface area contributed by atoms with Gasteiger partial charge in [0.2, 0.25) is 0 Å². The van der Waals surface area contributed by atoms with Gasteiger partial charge in [-0.2, -0.15) is 0 Å². The van der Waals surface area contributed by atoms with Crippen LogP contribution >= 0.6 is 0 Å². The summed E-state index contributed by atoms with van der Waals surface area (Å²) in [4.78, 5) is 19.8. The van der Waals surface area contributed by atoms with Gasteiger partial charge in [0.05, 0.1) is 12.3 Å². The van der Waals surface area contributed by atoms with Crippen LogP contribution in [-0.2, 0) is 9.53 Å². The van der Waals surface area contributed by atoms with Gasteiger partial charge in [0, 0.05) is 12.4 Å². The molecule has 19 heavy (non-hydrogen) atoms. The Morgan fingerprint density at radius 1 is 1.42 bits per heavy atom. The minimum Gasteiger partial charge on any atom is -0.505 e. The number of nitrogens with zero attached hydrogens (tertiary/aromatic N) is 2. The van der Waals surface area contributed by atoms with E-state index in [-0.39, 0.29) is 17.9 Å². The van der Waals surface area contributed by atoms with E-state index in [0.29, 0.717) is 11.4 Å². The Morgan fingerprint density at radius 3 is 2.74 bits per heavy atom. The van der Waals surface area contributed by atoms with Crippen LogP contribution in [0.1, 0.15) is 19.4 Å². The van der Waals surface area contributed by atoms with E-state index in [1.165, 1.54) is 0 Å². The lowest BCUT2D eigenvalue weighted by atomic mass is 10.1. The Labute approximate surface area is 111 Å². The van der Waals surface area contributed by atoms with Crippen LogP contribution in [0.4, 0.5) is 0 Å². The minimum absolute atomic E-state index is 0.127. The Balaban J connectivity index is 2.36. The van der Waals surface area contributed by atoms with Crippen molar-refractivity contribution in [2.45, 2.75) is 13.8 Å². The number of carbonyl (C=O) groups is 1. The van der Waals surface area contributed by atoms with Gasteiger partial charge in [-0.25, -0.2) is 9.79 Å². The molecule has 5 nitrogen and oxygen atoms in total. The highest BCUT2D eigenvalue weighted by Crippen LogP contribution is 2.26. The molecule has 0 bridgehead atoms. The van der Waals surface area contributed by atoms with E-state index < -0.39 is 5.97 Å². The van der Waals surface area contributed by atoms with Gasteiger partial charge in [-0.3, -0.25) is 4.98 Å². The predicted octanol–water partition coefficient (Wildman–Crippen LogP) is 2.27. The second kappa shape index (κ2) is 5.48. The zero-order valence-electron chi connectivity index (χ0n) is 10.8. The first-order valence-electron chi connectivity index (χ1n) is 5.91. The normalized spacial score (nSPS) is 16.7. The largest absolute Gasteiger partial charge is 0.505 e. The fraction of sp³-hybridized carbons (Fsp3) is 0.214. The first-order valence-corrected chi connectivity index (χ1v) is 5.91. The Morgan fingerprint density at radius 2 is 2.11 bits per heavy atom. The molecule has 0 fully saturated rings. The Bertz CT molecular complexity index is 586. The maximum Gasteiger partial charge on any atom is 0.343 e. The number of ether oxygens (including phenoxy) is 1.